The Morgan fingerprint density at radius 2 is 2.25 bits per heavy atom. The molecule has 88 valence electrons. The van der Waals surface area contributed by atoms with E-state index in [0.29, 0.717) is 12.6 Å². The van der Waals surface area contributed by atoms with E-state index >= 15 is 0 Å². The van der Waals surface area contributed by atoms with Crippen molar-refractivity contribution in [2.75, 3.05) is 38.1 Å². The monoisotopic (exact) mass is 283 g/mol. The maximum atomic E-state index is 5.85. The predicted molar refractivity (Wildman–Crippen MR) is 71.8 cm³/mol. The molecule has 0 saturated carbocycles. The second kappa shape index (κ2) is 5.17. The normalized spacial score (nSPS) is 22.4. The molecule has 2 rings (SSSR count). The average molecular weight is 284 g/mol. The summed E-state index contributed by atoms with van der Waals surface area (Å²) in [6.07, 6.45) is 0. The Bertz CT molecular complexity index is 356. The lowest BCUT2D eigenvalue weighted by atomic mass is 10.1. The Hall–Kier alpha value is -0.580. The first-order chi connectivity index (χ1) is 7.70. The van der Waals surface area contributed by atoms with Crippen LogP contribution >= 0.6 is 15.9 Å². The Morgan fingerprint density at radius 3 is 2.94 bits per heavy atom. The third-order valence-electron chi connectivity index (χ3n) is 3.10. The van der Waals surface area contributed by atoms with Crippen molar-refractivity contribution in [2.24, 2.45) is 5.73 Å². The van der Waals surface area contributed by atoms with Gasteiger partial charge in [-0.05, 0) is 25.2 Å². The zero-order chi connectivity index (χ0) is 11.5. The topological polar surface area (TPSA) is 32.5 Å². The molecular weight excluding hydrogens is 266 g/mol. The van der Waals surface area contributed by atoms with E-state index in [2.05, 4.69) is 57.0 Å². The summed E-state index contributed by atoms with van der Waals surface area (Å²) in [4.78, 5) is 4.75. The van der Waals surface area contributed by atoms with Gasteiger partial charge in [-0.1, -0.05) is 22.0 Å². The molecule has 0 aromatic heterocycles. The van der Waals surface area contributed by atoms with E-state index < -0.39 is 0 Å². The highest BCUT2D eigenvalue weighted by molar-refractivity contribution is 9.10. The van der Waals surface area contributed by atoms with Gasteiger partial charge in [-0.15, -0.1) is 0 Å². The van der Waals surface area contributed by atoms with E-state index in [9.17, 15) is 0 Å². The SMILES string of the molecule is CN1CCN(c2cccc(Br)c2)C(CN)C1. The molecule has 1 heterocycles. The van der Waals surface area contributed by atoms with Gasteiger partial charge in [-0.3, -0.25) is 0 Å². The molecule has 3 nitrogen and oxygen atoms in total. The van der Waals surface area contributed by atoms with Gasteiger partial charge in [-0.25, -0.2) is 0 Å². The Balaban J connectivity index is 2.19. The van der Waals surface area contributed by atoms with E-state index in [1.54, 1.807) is 0 Å². The molecule has 0 aliphatic carbocycles. The third kappa shape index (κ3) is 2.56. The van der Waals surface area contributed by atoms with Gasteiger partial charge in [0.25, 0.3) is 0 Å². The number of hydrogen-bond acceptors (Lipinski definition) is 3. The quantitative estimate of drug-likeness (QED) is 0.894. The summed E-state index contributed by atoms with van der Waals surface area (Å²) < 4.78 is 1.12. The van der Waals surface area contributed by atoms with E-state index in [4.69, 9.17) is 5.73 Å². The molecule has 1 fully saturated rings. The molecule has 0 bridgehead atoms. The van der Waals surface area contributed by atoms with Crippen LogP contribution in [-0.2, 0) is 0 Å². The van der Waals surface area contributed by atoms with Gasteiger partial charge < -0.3 is 15.5 Å². The number of rotatable bonds is 2. The van der Waals surface area contributed by atoms with Crippen LogP contribution in [0.2, 0.25) is 0 Å². The van der Waals surface area contributed by atoms with Crippen molar-refractivity contribution in [1.82, 2.24) is 4.90 Å². The average Bonchev–Trinajstić information content (AvgIpc) is 2.28. The minimum Gasteiger partial charge on any atom is -0.365 e. The molecule has 1 aromatic rings. The van der Waals surface area contributed by atoms with E-state index in [-0.39, 0.29) is 0 Å². The van der Waals surface area contributed by atoms with Crippen LogP contribution in [0.4, 0.5) is 5.69 Å². The molecule has 4 heteroatoms. The fourth-order valence-corrected chi connectivity index (χ4v) is 2.59. The molecule has 1 atom stereocenters. The van der Waals surface area contributed by atoms with Crippen LogP contribution in [-0.4, -0.2) is 44.2 Å². The number of hydrogen-bond donors (Lipinski definition) is 1. The standard InChI is InChI=1S/C12H18BrN3/c1-15-5-6-16(12(8-14)9-15)11-4-2-3-10(13)7-11/h2-4,7,12H,5-6,8-9,14H2,1H3. The van der Waals surface area contributed by atoms with Gasteiger partial charge in [0.15, 0.2) is 0 Å². The zero-order valence-corrected chi connectivity index (χ0v) is 11.2. The Kier molecular flexibility index (Phi) is 3.84. The summed E-state index contributed by atoms with van der Waals surface area (Å²) in [6.45, 7) is 3.90. The molecule has 1 aromatic carbocycles. The van der Waals surface area contributed by atoms with E-state index in [1.165, 1.54) is 5.69 Å². The first-order valence-electron chi connectivity index (χ1n) is 5.61. The minimum absolute atomic E-state index is 0.424. The number of nitrogens with zero attached hydrogens (tertiary/aromatic N) is 2. The maximum absolute atomic E-state index is 5.85. The minimum atomic E-state index is 0.424. The van der Waals surface area contributed by atoms with Gasteiger partial charge >= 0.3 is 0 Å². The lowest BCUT2D eigenvalue weighted by Crippen LogP contribution is -2.55. The van der Waals surface area contributed by atoms with Gasteiger partial charge in [0, 0.05) is 36.3 Å². The molecule has 2 N–H and O–H groups in total. The van der Waals surface area contributed by atoms with Crippen molar-refractivity contribution in [1.29, 1.82) is 0 Å². The number of anilines is 1. The second-order valence-corrected chi connectivity index (χ2v) is 5.24. The molecule has 0 radical (unpaired) electrons. The first-order valence-corrected chi connectivity index (χ1v) is 6.41. The highest BCUT2D eigenvalue weighted by Gasteiger charge is 2.24. The number of halogens is 1. The molecular formula is C12H18BrN3. The van der Waals surface area contributed by atoms with Crippen LogP contribution in [0.15, 0.2) is 28.7 Å². The number of nitrogens with two attached hydrogens (primary N) is 1. The molecule has 1 unspecified atom stereocenters. The fraction of sp³-hybridized carbons (Fsp3) is 0.500. The number of piperazine rings is 1. The molecule has 1 aliphatic heterocycles. The van der Waals surface area contributed by atoms with E-state index in [1.807, 2.05) is 0 Å². The summed E-state index contributed by atoms with van der Waals surface area (Å²) in [6, 6.07) is 8.86. The van der Waals surface area contributed by atoms with Crippen molar-refractivity contribution in [3.8, 4) is 0 Å². The van der Waals surface area contributed by atoms with Crippen LogP contribution in [0.25, 0.3) is 0 Å². The lowest BCUT2D eigenvalue weighted by molar-refractivity contribution is 0.270. The molecule has 16 heavy (non-hydrogen) atoms. The third-order valence-corrected chi connectivity index (χ3v) is 3.59. The Labute approximate surface area is 105 Å². The second-order valence-electron chi connectivity index (χ2n) is 4.33. The number of likely N-dealkylation sites (N-methyl/N-ethyl adjacent to an activating group) is 1. The van der Waals surface area contributed by atoms with Gasteiger partial charge in [0.2, 0.25) is 0 Å². The first kappa shape index (κ1) is 11.9. The molecule has 0 spiro atoms. The highest BCUT2D eigenvalue weighted by atomic mass is 79.9. The fourth-order valence-electron chi connectivity index (χ4n) is 2.21. The van der Waals surface area contributed by atoms with Crippen LogP contribution < -0.4 is 10.6 Å². The van der Waals surface area contributed by atoms with Crippen LogP contribution in [0.5, 0.6) is 0 Å². The summed E-state index contributed by atoms with van der Waals surface area (Å²) in [7, 11) is 2.15. The van der Waals surface area contributed by atoms with Crippen molar-refractivity contribution < 1.29 is 0 Å². The van der Waals surface area contributed by atoms with Crippen molar-refractivity contribution in [2.45, 2.75) is 6.04 Å². The summed E-state index contributed by atoms with van der Waals surface area (Å²) >= 11 is 3.51. The summed E-state index contributed by atoms with van der Waals surface area (Å²) in [5, 5.41) is 0. The predicted octanol–water partition coefficient (Wildman–Crippen LogP) is 1.53. The smallest absolute Gasteiger partial charge is 0.0539 e. The van der Waals surface area contributed by atoms with Crippen LogP contribution in [0.1, 0.15) is 0 Å². The van der Waals surface area contributed by atoms with Crippen molar-refractivity contribution in [3.05, 3.63) is 28.7 Å². The van der Waals surface area contributed by atoms with Gasteiger partial charge in [-0.2, -0.15) is 0 Å². The van der Waals surface area contributed by atoms with E-state index in [0.717, 1.165) is 24.1 Å². The molecule has 0 amide bonds. The van der Waals surface area contributed by atoms with Crippen molar-refractivity contribution >= 4 is 21.6 Å². The zero-order valence-electron chi connectivity index (χ0n) is 9.56. The summed E-state index contributed by atoms with van der Waals surface area (Å²) in [5.74, 6) is 0. The van der Waals surface area contributed by atoms with Gasteiger partial charge in [0.05, 0.1) is 6.04 Å². The largest absolute Gasteiger partial charge is 0.365 e. The Morgan fingerprint density at radius 1 is 1.44 bits per heavy atom. The van der Waals surface area contributed by atoms with Crippen LogP contribution in [0.3, 0.4) is 0 Å². The molecule has 1 aliphatic rings. The van der Waals surface area contributed by atoms with Gasteiger partial charge in [0.1, 0.15) is 0 Å². The maximum Gasteiger partial charge on any atom is 0.0539 e. The van der Waals surface area contributed by atoms with Crippen LogP contribution in [0, 0.1) is 0 Å². The highest BCUT2D eigenvalue weighted by Crippen LogP contribution is 2.23. The molecule has 1 saturated heterocycles. The lowest BCUT2D eigenvalue weighted by Gasteiger charge is -2.41. The number of benzene rings is 1. The summed E-state index contributed by atoms with van der Waals surface area (Å²) in [5.41, 5.74) is 7.11. The van der Waals surface area contributed by atoms with Crippen molar-refractivity contribution in [3.63, 3.8) is 0 Å².